The highest BCUT2D eigenvalue weighted by atomic mass is 32.1. The molecule has 1 fully saturated rings. The van der Waals surface area contributed by atoms with Crippen molar-refractivity contribution in [3.63, 3.8) is 0 Å². The monoisotopic (exact) mass is 311 g/mol. The highest BCUT2D eigenvalue weighted by molar-refractivity contribution is 7.10. The van der Waals surface area contributed by atoms with E-state index in [4.69, 9.17) is 4.42 Å². The van der Waals surface area contributed by atoms with E-state index in [2.05, 4.69) is 17.5 Å². The lowest BCUT2D eigenvalue weighted by Gasteiger charge is -2.40. The second-order valence-electron chi connectivity index (χ2n) is 5.87. The van der Waals surface area contributed by atoms with E-state index in [9.17, 15) is 4.79 Å². The average Bonchev–Trinajstić information content (AvgIpc) is 3.06. The first-order chi connectivity index (χ1) is 10.6. The fourth-order valence-electron chi connectivity index (χ4n) is 3.07. The van der Waals surface area contributed by atoms with Gasteiger partial charge in [-0.1, -0.05) is 18.2 Å². The third-order valence-electron chi connectivity index (χ3n) is 4.44. The van der Waals surface area contributed by atoms with Crippen molar-refractivity contribution < 1.29 is 9.21 Å². The molecule has 1 atom stereocenters. The minimum absolute atomic E-state index is 0.0102. The third-order valence-corrected chi connectivity index (χ3v) is 5.41. The Balaban J connectivity index is 1.70. The van der Waals surface area contributed by atoms with E-state index in [-0.39, 0.29) is 11.9 Å². The number of amides is 1. The van der Waals surface area contributed by atoms with Gasteiger partial charge in [-0.3, -0.25) is 4.79 Å². The molecule has 4 rings (SSSR count). The molecular formula is C18H17NO2S. The fourth-order valence-corrected chi connectivity index (χ4v) is 3.95. The molecule has 1 amide bonds. The number of fused-ring (bicyclic) bond motifs is 1. The molecule has 3 heterocycles. The molecule has 3 nitrogen and oxygen atoms in total. The maximum atomic E-state index is 12.8. The Labute approximate surface area is 133 Å². The summed E-state index contributed by atoms with van der Waals surface area (Å²) in [6, 6.07) is 10.4. The number of carbonyl (C=O) groups excluding carboxylic acids is 1. The van der Waals surface area contributed by atoms with Gasteiger partial charge >= 0.3 is 0 Å². The van der Waals surface area contributed by atoms with Crippen molar-refractivity contribution in [2.24, 2.45) is 0 Å². The number of aryl methyl sites for hydroxylation is 2. The van der Waals surface area contributed by atoms with E-state index >= 15 is 0 Å². The Hall–Kier alpha value is -2.07. The van der Waals surface area contributed by atoms with Gasteiger partial charge in [0.05, 0.1) is 6.04 Å². The van der Waals surface area contributed by atoms with Gasteiger partial charge in [0.15, 0.2) is 5.76 Å². The highest BCUT2D eigenvalue weighted by Gasteiger charge is 2.36. The summed E-state index contributed by atoms with van der Waals surface area (Å²) in [6.45, 7) is 4.80. The van der Waals surface area contributed by atoms with Crippen LogP contribution in [0.1, 0.15) is 39.0 Å². The third kappa shape index (κ3) is 1.98. The number of benzene rings is 1. The second kappa shape index (κ2) is 4.99. The van der Waals surface area contributed by atoms with E-state index in [1.165, 1.54) is 4.88 Å². The van der Waals surface area contributed by atoms with Crippen LogP contribution in [0.2, 0.25) is 0 Å². The normalized spacial score (nSPS) is 17.7. The molecule has 112 valence electrons. The lowest BCUT2D eigenvalue weighted by molar-refractivity contribution is 0.0436. The Morgan fingerprint density at radius 3 is 2.86 bits per heavy atom. The van der Waals surface area contributed by atoms with Crippen LogP contribution in [0.15, 0.2) is 40.1 Å². The first-order valence-electron chi connectivity index (χ1n) is 7.49. The Kier molecular flexibility index (Phi) is 3.08. The van der Waals surface area contributed by atoms with Gasteiger partial charge in [-0.15, -0.1) is 11.3 Å². The lowest BCUT2D eigenvalue weighted by atomic mass is 10.00. The molecule has 1 aromatic carbocycles. The van der Waals surface area contributed by atoms with Gasteiger partial charge in [-0.2, -0.15) is 0 Å². The molecule has 0 N–H and O–H groups in total. The van der Waals surface area contributed by atoms with Gasteiger partial charge in [0.2, 0.25) is 0 Å². The van der Waals surface area contributed by atoms with Crippen molar-refractivity contribution in [3.8, 4) is 0 Å². The zero-order chi connectivity index (χ0) is 15.3. The van der Waals surface area contributed by atoms with Crippen LogP contribution in [0.3, 0.4) is 0 Å². The number of furan rings is 1. The van der Waals surface area contributed by atoms with Crippen LogP contribution in [-0.2, 0) is 0 Å². The van der Waals surface area contributed by atoms with Crippen LogP contribution < -0.4 is 0 Å². The number of carbonyl (C=O) groups is 1. The summed E-state index contributed by atoms with van der Waals surface area (Å²) in [5.41, 5.74) is 2.88. The molecule has 22 heavy (non-hydrogen) atoms. The second-order valence-corrected chi connectivity index (χ2v) is 6.85. The van der Waals surface area contributed by atoms with E-state index in [1.54, 1.807) is 11.3 Å². The van der Waals surface area contributed by atoms with Crippen LogP contribution in [0.4, 0.5) is 0 Å². The van der Waals surface area contributed by atoms with Gasteiger partial charge in [0.25, 0.3) is 5.91 Å². The molecule has 0 radical (unpaired) electrons. The minimum atomic E-state index is 0.0102. The topological polar surface area (TPSA) is 33.5 Å². The smallest absolute Gasteiger partial charge is 0.290 e. The first kappa shape index (κ1) is 13.6. The van der Waals surface area contributed by atoms with E-state index in [0.717, 1.165) is 35.1 Å². The first-order valence-corrected chi connectivity index (χ1v) is 8.37. The van der Waals surface area contributed by atoms with E-state index in [0.29, 0.717) is 5.76 Å². The summed E-state index contributed by atoms with van der Waals surface area (Å²) in [7, 11) is 0. The number of likely N-dealkylation sites (tertiary alicyclic amines) is 1. The minimum Gasteiger partial charge on any atom is -0.451 e. The zero-order valence-electron chi connectivity index (χ0n) is 12.6. The largest absolute Gasteiger partial charge is 0.451 e. The SMILES string of the molecule is Cc1ccc2c(C)c(C(=O)N3CC[C@H]3c3cccs3)oc2c1. The number of thiophene rings is 1. The molecule has 2 aromatic heterocycles. The zero-order valence-corrected chi connectivity index (χ0v) is 13.4. The molecule has 1 saturated heterocycles. The molecule has 0 aliphatic carbocycles. The van der Waals surface area contributed by atoms with Gasteiger partial charge in [0.1, 0.15) is 5.58 Å². The molecule has 1 aliphatic heterocycles. The standard InChI is InChI=1S/C18H17NO2S/c1-11-5-6-13-12(2)17(21-15(13)10-11)18(20)19-8-7-14(19)16-4-3-9-22-16/h3-6,9-10,14H,7-8H2,1-2H3/t14-/m0/s1. The van der Waals surface area contributed by atoms with Gasteiger partial charge in [-0.05, 0) is 43.3 Å². The predicted molar refractivity (Wildman–Crippen MR) is 88.4 cm³/mol. The molecule has 0 unspecified atom stereocenters. The summed E-state index contributed by atoms with van der Waals surface area (Å²) in [4.78, 5) is 16.0. The Bertz CT molecular complexity index is 847. The molecule has 0 spiro atoms. The van der Waals surface area contributed by atoms with Crippen LogP contribution in [0.25, 0.3) is 11.0 Å². The maximum absolute atomic E-state index is 12.8. The Morgan fingerprint density at radius 1 is 1.32 bits per heavy atom. The Morgan fingerprint density at radius 2 is 2.18 bits per heavy atom. The predicted octanol–water partition coefficient (Wildman–Crippen LogP) is 4.70. The quantitative estimate of drug-likeness (QED) is 0.687. The van der Waals surface area contributed by atoms with Crippen molar-refractivity contribution >= 4 is 28.2 Å². The number of hydrogen-bond acceptors (Lipinski definition) is 3. The van der Waals surface area contributed by atoms with Crippen LogP contribution >= 0.6 is 11.3 Å². The highest BCUT2D eigenvalue weighted by Crippen LogP contribution is 2.38. The molecule has 0 saturated carbocycles. The van der Waals surface area contributed by atoms with Crippen molar-refractivity contribution in [3.05, 3.63) is 57.5 Å². The average molecular weight is 311 g/mol. The summed E-state index contributed by atoms with van der Waals surface area (Å²) in [5.74, 6) is 0.498. The maximum Gasteiger partial charge on any atom is 0.290 e. The number of nitrogens with zero attached hydrogens (tertiary/aromatic N) is 1. The molecule has 0 bridgehead atoms. The van der Waals surface area contributed by atoms with Gasteiger partial charge in [0, 0.05) is 22.4 Å². The van der Waals surface area contributed by atoms with Gasteiger partial charge in [-0.25, -0.2) is 0 Å². The molecule has 1 aliphatic rings. The van der Waals surface area contributed by atoms with Crippen LogP contribution in [-0.4, -0.2) is 17.4 Å². The molecule has 3 aromatic rings. The van der Waals surface area contributed by atoms with Crippen molar-refractivity contribution in [2.45, 2.75) is 26.3 Å². The van der Waals surface area contributed by atoms with E-state index < -0.39 is 0 Å². The van der Waals surface area contributed by atoms with Crippen molar-refractivity contribution in [1.29, 1.82) is 0 Å². The molecular weight excluding hydrogens is 294 g/mol. The summed E-state index contributed by atoms with van der Waals surface area (Å²) in [6.07, 6.45) is 1.03. The number of hydrogen-bond donors (Lipinski definition) is 0. The molecule has 4 heteroatoms. The number of rotatable bonds is 2. The lowest BCUT2D eigenvalue weighted by Crippen LogP contribution is -2.44. The van der Waals surface area contributed by atoms with Gasteiger partial charge < -0.3 is 9.32 Å². The summed E-state index contributed by atoms with van der Waals surface area (Å²) >= 11 is 1.71. The van der Waals surface area contributed by atoms with Crippen LogP contribution in [0, 0.1) is 13.8 Å². The van der Waals surface area contributed by atoms with Crippen molar-refractivity contribution in [1.82, 2.24) is 4.90 Å². The summed E-state index contributed by atoms with van der Waals surface area (Å²) < 4.78 is 5.88. The summed E-state index contributed by atoms with van der Waals surface area (Å²) in [5, 5.41) is 3.09. The van der Waals surface area contributed by atoms with E-state index in [1.807, 2.05) is 36.9 Å². The van der Waals surface area contributed by atoms with Crippen LogP contribution in [0.5, 0.6) is 0 Å². The fraction of sp³-hybridized carbons (Fsp3) is 0.278. The van der Waals surface area contributed by atoms with Crippen molar-refractivity contribution in [2.75, 3.05) is 6.54 Å².